The first-order valence-electron chi connectivity index (χ1n) is 8.79. The van der Waals surface area contributed by atoms with E-state index in [-0.39, 0.29) is 10.8 Å². The Kier molecular flexibility index (Phi) is 3.17. The van der Waals surface area contributed by atoms with E-state index in [0.29, 0.717) is 18.6 Å². The van der Waals surface area contributed by atoms with Crippen molar-refractivity contribution in [3.8, 4) is 0 Å². The molecule has 5 rings (SSSR count). The minimum Gasteiger partial charge on any atom is -0.301 e. The number of hydrogen-bond acceptors (Lipinski definition) is 2. The fourth-order valence-electron chi connectivity index (χ4n) is 4.97. The molecule has 1 saturated heterocycles. The Hall–Kier alpha value is -1.64. The molecule has 0 aromatic heterocycles. The Morgan fingerprint density at radius 2 is 2.00 bits per heavy atom. The van der Waals surface area contributed by atoms with Crippen LogP contribution in [-0.4, -0.2) is 35.7 Å². The summed E-state index contributed by atoms with van der Waals surface area (Å²) in [5.74, 6) is 0.405. The monoisotopic (exact) mass is 337 g/mol. The lowest BCUT2D eigenvalue weighted by Crippen LogP contribution is -2.44. The second kappa shape index (κ2) is 5.18. The minimum absolute atomic E-state index is 0.0179. The molecule has 0 amide bonds. The number of halogens is 1. The quantitative estimate of drug-likeness (QED) is 0.764. The summed E-state index contributed by atoms with van der Waals surface area (Å²) in [5.41, 5.74) is 7.17. The van der Waals surface area contributed by atoms with Crippen molar-refractivity contribution in [3.63, 3.8) is 0 Å². The number of piperidine rings is 1. The van der Waals surface area contributed by atoms with E-state index in [2.05, 4.69) is 47.4 Å². The van der Waals surface area contributed by atoms with Gasteiger partial charge in [0.2, 0.25) is 0 Å². The van der Waals surface area contributed by atoms with Crippen LogP contribution in [0.4, 0.5) is 0 Å². The zero-order valence-electron chi connectivity index (χ0n) is 13.6. The van der Waals surface area contributed by atoms with Gasteiger partial charge in [0, 0.05) is 37.9 Å². The van der Waals surface area contributed by atoms with Crippen LogP contribution in [0.5, 0.6) is 0 Å². The summed E-state index contributed by atoms with van der Waals surface area (Å²) in [7, 11) is 0. The first-order chi connectivity index (χ1) is 11.7. The number of rotatable bonds is 2. The molecular weight excluding hydrogens is 318 g/mol. The van der Waals surface area contributed by atoms with E-state index in [1.165, 1.54) is 27.8 Å². The van der Waals surface area contributed by atoms with Crippen LogP contribution < -0.4 is 0 Å². The lowest BCUT2D eigenvalue weighted by atomic mass is 9.72. The number of carbonyl (C=O) groups is 1. The van der Waals surface area contributed by atoms with Gasteiger partial charge in [0.15, 0.2) is 0 Å². The Morgan fingerprint density at radius 1 is 1.21 bits per heavy atom. The normalized spacial score (nSPS) is 31.3. The SMILES string of the molecule is O=C1CCN(CC23CC(=C4C=CC(Cl)C=C42)c2ccccc23)CC1. The van der Waals surface area contributed by atoms with E-state index in [4.69, 9.17) is 11.6 Å². The van der Waals surface area contributed by atoms with Crippen molar-refractivity contribution in [2.24, 2.45) is 0 Å². The number of nitrogens with zero attached hydrogens (tertiary/aromatic N) is 1. The lowest BCUT2D eigenvalue weighted by Gasteiger charge is -2.39. The van der Waals surface area contributed by atoms with E-state index in [9.17, 15) is 4.79 Å². The smallest absolute Gasteiger partial charge is 0.135 e. The van der Waals surface area contributed by atoms with Gasteiger partial charge in [-0.2, -0.15) is 0 Å². The summed E-state index contributed by atoms with van der Waals surface area (Å²) in [6, 6.07) is 8.84. The fraction of sp³-hybridized carbons (Fsp3) is 0.381. The highest BCUT2D eigenvalue weighted by molar-refractivity contribution is 6.23. The summed E-state index contributed by atoms with van der Waals surface area (Å²) >= 11 is 6.43. The van der Waals surface area contributed by atoms with Crippen LogP contribution in [0.3, 0.4) is 0 Å². The predicted molar refractivity (Wildman–Crippen MR) is 97.2 cm³/mol. The van der Waals surface area contributed by atoms with Crippen LogP contribution in [-0.2, 0) is 10.2 Å². The average Bonchev–Trinajstić information content (AvgIpc) is 3.09. The predicted octanol–water partition coefficient (Wildman–Crippen LogP) is 3.86. The minimum atomic E-state index is -0.0179. The van der Waals surface area contributed by atoms with Crippen molar-refractivity contribution in [2.75, 3.05) is 19.6 Å². The molecule has 0 spiro atoms. The van der Waals surface area contributed by atoms with Gasteiger partial charge >= 0.3 is 0 Å². The molecule has 3 aliphatic carbocycles. The van der Waals surface area contributed by atoms with Crippen LogP contribution >= 0.6 is 11.6 Å². The molecule has 1 heterocycles. The average molecular weight is 338 g/mol. The van der Waals surface area contributed by atoms with Crippen molar-refractivity contribution in [1.82, 2.24) is 4.90 Å². The summed E-state index contributed by atoms with van der Waals surface area (Å²) in [6.45, 7) is 2.77. The topological polar surface area (TPSA) is 20.3 Å². The number of benzene rings is 1. The molecule has 3 heteroatoms. The van der Waals surface area contributed by atoms with Crippen molar-refractivity contribution in [3.05, 3.63) is 64.8 Å². The molecule has 0 radical (unpaired) electrons. The molecule has 2 bridgehead atoms. The van der Waals surface area contributed by atoms with Gasteiger partial charge in [-0.15, -0.1) is 11.6 Å². The number of Topliss-reactive ketones (excluding diaryl/α,β-unsaturated/α-hetero) is 1. The van der Waals surface area contributed by atoms with Crippen molar-refractivity contribution < 1.29 is 4.79 Å². The summed E-state index contributed by atoms with van der Waals surface area (Å²) in [6.07, 6.45) is 9.02. The van der Waals surface area contributed by atoms with E-state index in [0.717, 1.165) is 26.1 Å². The first-order valence-corrected chi connectivity index (χ1v) is 9.23. The van der Waals surface area contributed by atoms with E-state index in [1.807, 2.05) is 0 Å². The van der Waals surface area contributed by atoms with Gasteiger partial charge in [0.1, 0.15) is 5.78 Å². The highest BCUT2D eigenvalue weighted by Crippen LogP contribution is 2.60. The molecule has 2 unspecified atom stereocenters. The van der Waals surface area contributed by atoms with Gasteiger partial charge < -0.3 is 4.90 Å². The van der Waals surface area contributed by atoms with Crippen LogP contribution in [0, 0.1) is 0 Å². The molecule has 24 heavy (non-hydrogen) atoms. The molecule has 122 valence electrons. The number of ketones is 1. The van der Waals surface area contributed by atoms with Crippen LogP contribution in [0.25, 0.3) is 5.57 Å². The molecule has 1 aliphatic heterocycles. The van der Waals surface area contributed by atoms with Gasteiger partial charge in [-0.3, -0.25) is 4.79 Å². The molecule has 0 saturated carbocycles. The van der Waals surface area contributed by atoms with Crippen molar-refractivity contribution in [1.29, 1.82) is 0 Å². The van der Waals surface area contributed by atoms with Crippen LogP contribution in [0.2, 0.25) is 0 Å². The molecule has 4 aliphatic rings. The van der Waals surface area contributed by atoms with Gasteiger partial charge in [0.25, 0.3) is 0 Å². The largest absolute Gasteiger partial charge is 0.301 e. The van der Waals surface area contributed by atoms with E-state index in [1.54, 1.807) is 0 Å². The van der Waals surface area contributed by atoms with Crippen LogP contribution in [0.15, 0.2) is 53.6 Å². The maximum absolute atomic E-state index is 11.6. The number of allylic oxidation sites excluding steroid dienone is 5. The first kappa shape index (κ1) is 14.7. The number of hydrogen-bond donors (Lipinski definition) is 0. The zero-order valence-corrected chi connectivity index (χ0v) is 14.4. The number of alkyl halides is 1. The highest BCUT2D eigenvalue weighted by atomic mass is 35.5. The maximum atomic E-state index is 11.6. The van der Waals surface area contributed by atoms with Crippen molar-refractivity contribution >= 4 is 23.0 Å². The second-order valence-corrected chi connectivity index (χ2v) is 7.90. The number of fused-ring (bicyclic) bond motifs is 7. The molecule has 1 fully saturated rings. The molecular formula is C21H20ClNO. The van der Waals surface area contributed by atoms with E-state index < -0.39 is 0 Å². The van der Waals surface area contributed by atoms with E-state index >= 15 is 0 Å². The Balaban J connectivity index is 1.60. The third-order valence-corrected chi connectivity index (χ3v) is 6.33. The van der Waals surface area contributed by atoms with Gasteiger partial charge in [-0.1, -0.05) is 42.5 Å². The molecule has 2 nitrogen and oxygen atoms in total. The zero-order chi connectivity index (χ0) is 16.3. The fourth-order valence-corrected chi connectivity index (χ4v) is 5.17. The van der Waals surface area contributed by atoms with Crippen LogP contribution in [0.1, 0.15) is 30.4 Å². The number of likely N-dealkylation sites (tertiary alicyclic amines) is 1. The highest BCUT2D eigenvalue weighted by Gasteiger charge is 2.52. The van der Waals surface area contributed by atoms with Gasteiger partial charge in [-0.05, 0) is 34.3 Å². The molecule has 1 aromatic rings. The maximum Gasteiger partial charge on any atom is 0.135 e. The Morgan fingerprint density at radius 3 is 2.83 bits per heavy atom. The summed E-state index contributed by atoms with van der Waals surface area (Å²) in [5, 5.41) is -0.0179. The molecule has 1 aromatic carbocycles. The summed E-state index contributed by atoms with van der Waals surface area (Å²) in [4.78, 5) is 14.1. The second-order valence-electron chi connectivity index (χ2n) is 7.40. The molecule has 2 atom stereocenters. The lowest BCUT2D eigenvalue weighted by molar-refractivity contribution is -0.121. The van der Waals surface area contributed by atoms with Gasteiger partial charge in [0.05, 0.1) is 5.38 Å². The standard InChI is InChI=1S/C21H20ClNO/c22-14-5-6-17-18-12-21(20(17)11-14,19-4-2-1-3-16(18)19)13-23-9-7-15(24)8-10-23/h1-6,11,14H,7-10,12-13H2. The third kappa shape index (κ3) is 1.96. The van der Waals surface area contributed by atoms with Crippen molar-refractivity contribution in [2.45, 2.75) is 30.1 Å². The number of carbonyl (C=O) groups excluding carboxylic acids is 1. The van der Waals surface area contributed by atoms with Gasteiger partial charge in [-0.25, -0.2) is 0 Å². The Labute approximate surface area is 147 Å². The third-order valence-electron chi connectivity index (χ3n) is 6.06. The summed E-state index contributed by atoms with van der Waals surface area (Å²) < 4.78 is 0. The molecule has 0 N–H and O–H groups in total. The Bertz CT molecular complexity index is 824.